The van der Waals surface area contributed by atoms with E-state index >= 15 is 0 Å². The van der Waals surface area contributed by atoms with E-state index in [2.05, 4.69) is 15.4 Å². The zero-order valence-corrected chi connectivity index (χ0v) is 12.8. The Morgan fingerprint density at radius 3 is 2.78 bits per heavy atom. The highest BCUT2D eigenvalue weighted by Crippen LogP contribution is 2.21. The first-order valence-electron chi connectivity index (χ1n) is 7.07. The van der Waals surface area contributed by atoms with E-state index in [9.17, 15) is 9.18 Å². The molecule has 0 saturated heterocycles. The Bertz CT molecular complexity index is 838. The maximum absolute atomic E-state index is 13.6. The number of hydrogen-bond donors (Lipinski definition) is 1. The van der Waals surface area contributed by atoms with Crippen LogP contribution in [0.4, 0.5) is 4.39 Å². The molecule has 3 rings (SSSR count). The van der Waals surface area contributed by atoms with Gasteiger partial charge in [0.15, 0.2) is 0 Å². The number of imidazole rings is 1. The number of rotatable bonds is 4. The van der Waals surface area contributed by atoms with Crippen LogP contribution in [0.3, 0.4) is 0 Å². The zero-order chi connectivity index (χ0) is 16.4. The van der Waals surface area contributed by atoms with Crippen molar-refractivity contribution < 1.29 is 9.18 Å². The number of nitrogens with one attached hydrogen (secondary N) is 1. The predicted molar refractivity (Wildman–Crippen MR) is 82.1 cm³/mol. The predicted octanol–water partition coefficient (Wildman–Crippen LogP) is 1.81. The Morgan fingerprint density at radius 1 is 1.35 bits per heavy atom. The molecule has 1 aromatic carbocycles. The summed E-state index contributed by atoms with van der Waals surface area (Å²) in [5.74, 6) is -0.0412. The lowest BCUT2D eigenvalue weighted by molar-refractivity contribution is 0.0941. The third kappa shape index (κ3) is 3.13. The molecule has 6 nitrogen and oxygen atoms in total. The summed E-state index contributed by atoms with van der Waals surface area (Å²) in [6.45, 7) is 0. The van der Waals surface area contributed by atoms with Gasteiger partial charge in [0.05, 0.1) is 11.8 Å². The van der Waals surface area contributed by atoms with Crippen molar-refractivity contribution in [2.45, 2.75) is 6.04 Å². The topological polar surface area (TPSA) is 64.7 Å². The Labute approximate surface area is 132 Å². The van der Waals surface area contributed by atoms with Crippen molar-refractivity contribution in [1.29, 1.82) is 0 Å². The Morgan fingerprint density at radius 2 is 2.17 bits per heavy atom. The van der Waals surface area contributed by atoms with Gasteiger partial charge >= 0.3 is 0 Å². The Kier molecular flexibility index (Phi) is 3.92. The highest BCUT2D eigenvalue weighted by molar-refractivity contribution is 5.94. The van der Waals surface area contributed by atoms with Crippen LogP contribution in [-0.4, -0.2) is 25.2 Å². The Balaban J connectivity index is 1.96. The highest BCUT2D eigenvalue weighted by Gasteiger charge is 2.22. The zero-order valence-electron chi connectivity index (χ0n) is 12.8. The molecule has 1 amide bonds. The van der Waals surface area contributed by atoms with Crippen molar-refractivity contribution in [2.24, 2.45) is 14.1 Å². The molecule has 0 aliphatic carbocycles. The Hall–Kier alpha value is -2.96. The lowest BCUT2D eigenvalue weighted by Crippen LogP contribution is -2.31. The number of aromatic nitrogens is 4. The number of benzene rings is 1. The third-order valence-corrected chi connectivity index (χ3v) is 3.54. The summed E-state index contributed by atoms with van der Waals surface area (Å²) in [6, 6.07) is 5.56. The van der Waals surface area contributed by atoms with Crippen LogP contribution < -0.4 is 5.32 Å². The molecule has 7 heteroatoms. The summed E-state index contributed by atoms with van der Waals surface area (Å²) in [5, 5.41) is 6.88. The van der Waals surface area contributed by atoms with Gasteiger partial charge in [0.2, 0.25) is 0 Å². The van der Waals surface area contributed by atoms with E-state index in [0.717, 1.165) is 0 Å². The van der Waals surface area contributed by atoms with E-state index in [-0.39, 0.29) is 11.7 Å². The summed E-state index contributed by atoms with van der Waals surface area (Å²) < 4.78 is 16.9. The van der Waals surface area contributed by atoms with Crippen LogP contribution in [0, 0.1) is 5.82 Å². The molecule has 0 aliphatic heterocycles. The van der Waals surface area contributed by atoms with Crippen molar-refractivity contribution in [3.8, 4) is 0 Å². The summed E-state index contributed by atoms with van der Waals surface area (Å²) >= 11 is 0. The van der Waals surface area contributed by atoms with E-state index < -0.39 is 6.04 Å². The van der Waals surface area contributed by atoms with Gasteiger partial charge in [0.1, 0.15) is 17.7 Å². The first-order valence-corrected chi connectivity index (χ1v) is 7.07. The second-order valence-corrected chi connectivity index (χ2v) is 5.26. The molecule has 118 valence electrons. The SMILES string of the molecule is Cn1cc(C(=O)N[C@@H](c2cccc(F)c2)c2nccn2C)cn1. The summed E-state index contributed by atoms with van der Waals surface area (Å²) in [4.78, 5) is 16.7. The van der Waals surface area contributed by atoms with Gasteiger partial charge in [-0.3, -0.25) is 9.48 Å². The molecule has 23 heavy (non-hydrogen) atoms. The normalized spacial score (nSPS) is 12.1. The second-order valence-electron chi connectivity index (χ2n) is 5.26. The fourth-order valence-corrected chi connectivity index (χ4v) is 2.39. The average molecular weight is 313 g/mol. The molecule has 0 bridgehead atoms. The molecule has 0 spiro atoms. The van der Waals surface area contributed by atoms with Gasteiger partial charge in [-0.05, 0) is 17.7 Å². The first-order chi connectivity index (χ1) is 11.0. The number of aryl methyl sites for hydroxylation is 2. The minimum absolute atomic E-state index is 0.296. The molecule has 3 aromatic rings. The molecular weight excluding hydrogens is 297 g/mol. The largest absolute Gasteiger partial charge is 0.338 e. The number of carbonyl (C=O) groups excluding carboxylic acids is 1. The van der Waals surface area contributed by atoms with Crippen LogP contribution in [0.25, 0.3) is 0 Å². The number of amides is 1. The molecule has 0 fully saturated rings. The molecule has 0 unspecified atom stereocenters. The van der Waals surface area contributed by atoms with Crippen molar-refractivity contribution in [3.05, 3.63) is 71.8 Å². The van der Waals surface area contributed by atoms with E-state index in [0.29, 0.717) is 17.0 Å². The van der Waals surface area contributed by atoms with E-state index in [1.54, 1.807) is 47.0 Å². The summed E-state index contributed by atoms with van der Waals surface area (Å²) in [6.07, 6.45) is 6.52. The lowest BCUT2D eigenvalue weighted by atomic mass is 10.1. The van der Waals surface area contributed by atoms with Crippen molar-refractivity contribution in [2.75, 3.05) is 0 Å². The molecule has 0 aliphatic rings. The fraction of sp³-hybridized carbons (Fsp3) is 0.188. The van der Waals surface area contributed by atoms with Crippen LogP contribution in [0.15, 0.2) is 49.1 Å². The van der Waals surface area contributed by atoms with Gasteiger partial charge in [-0.25, -0.2) is 9.37 Å². The lowest BCUT2D eigenvalue weighted by Gasteiger charge is -2.19. The minimum Gasteiger partial charge on any atom is -0.338 e. The van der Waals surface area contributed by atoms with Crippen LogP contribution in [0.1, 0.15) is 27.8 Å². The monoisotopic (exact) mass is 313 g/mol. The quantitative estimate of drug-likeness (QED) is 0.799. The molecule has 2 heterocycles. The van der Waals surface area contributed by atoms with Crippen molar-refractivity contribution in [1.82, 2.24) is 24.6 Å². The van der Waals surface area contributed by atoms with Crippen LogP contribution in [-0.2, 0) is 14.1 Å². The molecular formula is C16H16FN5O. The van der Waals surface area contributed by atoms with Gasteiger partial charge in [-0.1, -0.05) is 12.1 Å². The van der Waals surface area contributed by atoms with Crippen LogP contribution in [0.5, 0.6) is 0 Å². The number of nitrogens with zero attached hydrogens (tertiary/aromatic N) is 4. The fourth-order valence-electron chi connectivity index (χ4n) is 2.39. The second kappa shape index (κ2) is 6.04. The number of halogens is 1. The highest BCUT2D eigenvalue weighted by atomic mass is 19.1. The van der Waals surface area contributed by atoms with Crippen LogP contribution in [0.2, 0.25) is 0 Å². The number of carbonyl (C=O) groups is 1. The van der Waals surface area contributed by atoms with E-state index in [1.807, 2.05) is 7.05 Å². The van der Waals surface area contributed by atoms with E-state index in [1.165, 1.54) is 18.3 Å². The minimum atomic E-state index is -0.557. The van der Waals surface area contributed by atoms with Crippen molar-refractivity contribution >= 4 is 5.91 Å². The van der Waals surface area contributed by atoms with Gasteiger partial charge in [-0.15, -0.1) is 0 Å². The van der Waals surface area contributed by atoms with Crippen LogP contribution >= 0.6 is 0 Å². The van der Waals surface area contributed by atoms with Gasteiger partial charge < -0.3 is 9.88 Å². The van der Waals surface area contributed by atoms with Gasteiger partial charge in [0, 0.05) is 32.7 Å². The molecule has 1 N–H and O–H groups in total. The average Bonchev–Trinajstić information content (AvgIpc) is 3.13. The summed E-state index contributed by atoms with van der Waals surface area (Å²) in [5.41, 5.74) is 1.06. The summed E-state index contributed by atoms with van der Waals surface area (Å²) in [7, 11) is 3.56. The van der Waals surface area contributed by atoms with Gasteiger partial charge in [-0.2, -0.15) is 5.10 Å². The molecule has 2 aromatic heterocycles. The maximum Gasteiger partial charge on any atom is 0.255 e. The smallest absolute Gasteiger partial charge is 0.255 e. The first kappa shape index (κ1) is 15.0. The van der Waals surface area contributed by atoms with E-state index in [4.69, 9.17) is 0 Å². The number of hydrogen-bond acceptors (Lipinski definition) is 3. The third-order valence-electron chi connectivity index (χ3n) is 3.54. The van der Waals surface area contributed by atoms with Crippen molar-refractivity contribution in [3.63, 3.8) is 0 Å². The molecule has 0 saturated carbocycles. The van der Waals surface area contributed by atoms with Gasteiger partial charge in [0.25, 0.3) is 5.91 Å². The molecule has 0 radical (unpaired) electrons. The molecule has 1 atom stereocenters. The standard InChI is InChI=1S/C16H16FN5O/c1-21-7-6-18-15(21)14(11-4-3-5-13(17)8-11)20-16(23)12-9-19-22(2)10-12/h3-10,14H,1-2H3,(H,20,23)/t14-/m0/s1. The maximum atomic E-state index is 13.6.